The molecule has 1 N–H and O–H groups in total. The van der Waals surface area contributed by atoms with Crippen LogP contribution in [-0.2, 0) is 11.3 Å². The minimum absolute atomic E-state index is 0.0555. The van der Waals surface area contributed by atoms with E-state index < -0.39 is 0 Å². The molecular weight excluding hydrogens is 344 g/mol. The van der Waals surface area contributed by atoms with E-state index in [1.165, 1.54) is 0 Å². The summed E-state index contributed by atoms with van der Waals surface area (Å²) in [6, 6.07) is 13.0. The van der Waals surface area contributed by atoms with Gasteiger partial charge >= 0.3 is 0 Å². The van der Waals surface area contributed by atoms with Gasteiger partial charge in [0, 0.05) is 25.2 Å². The Balaban J connectivity index is 1.43. The molecule has 0 aliphatic carbocycles. The average molecular weight is 364 g/mol. The number of imidazole rings is 1. The Kier molecular flexibility index (Phi) is 4.50. The van der Waals surface area contributed by atoms with Crippen molar-refractivity contribution in [2.24, 2.45) is 0 Å². The number of amides is 2. The van der Waals surface area contributed by atoms with E-state index in [9.17, 15) is 9.59 Å². The lowest BCUT2D eigenvalue weighted by atomic mass is 10.1. The summed E-state index contributed by atoms with van der Waals surface area (Å²) in [6.45, 7) is 1.62. The van der Waals surface area contributed by atoms with Crippen LogP contribution in [0.15, 0.2) is 48.8 Å². The Bertz CT molecular complexity index is 998. The largest absolute Gasteiger partial charge is 0.497 e. The van der Waals surface area contributed by atoms with Crippen molar-refractivity contribution in [3.8, 4) is 5.75 Å². The van der Waals surface area contributed by atoms with E-state index in [-0.39, 0.29) is 18.4 Å². The molecule has 1 aromatic heterocycles. The second-order valence-corrected chi connectivity index (χ2v) is 6.53. The maximum Gasteiger partial charge on any atom is 0.254 e. The molecule has 1 aliphatic rings. The summed E-state index contributed by atoms with van der Waals surface area (Å²) in [7, 11) is 1.62. The minimum Gasteiger partial charge on any atom is -0.497 e. The third-order valence-corrected chi connectivity index (χ3v) is 4.78. The zero-order valence-electron chi connectivity index (χ0n) is 15.0. The maximum atomic E-state index is 12.8. The predicted octanol–water partition coefficient (Wildman–Crippen LogP) is 2.06. The number of hydrogen-bond acceptors (Lipinski definition) is 4. The van der Waals surface area contributed by atoms with Gasteiger partial charge in [0.2, 0.25) is 5.91 Å². The third kappa shape index (κ3) is 3.48. The molecule has 7 heteroatoms. The lowest BCUT2D eigenvalue weighted by molar-refractivity contribution is -0.135. The average Bonchev–Trinajstić information content (AvgIpc) is 3.17. The van der Waals surface area contributed by atoms with E-state index in [0.717, 1.165) is 22.3 Å². The zero-order chi connectivity index (χ0) is 18.8. The number of carbonyl (C=O) groups excluding carboxylic acids is 2. The summed E-state index contributed by atoms with van der Waals surface area (Å²) >= 11 is 0. The number of nitrogens with zero attached hydrogens (tertiary/aromatic N) is 3. The number of aromatic amines is 1. The molecule has 27 heavy (non-hydrogen) atoms. The van der Waals surface area contributed by atoms with Crippen molar-refractivity contribution in [3.05, 3.63) is 59.9 Å². The summed E-state index contributed by atoms with van der Waals surface area (Å²) in [5.74, 6) is 0.573. The number of ether oxygens (including phenoxy) is 1. The highest BCUT2D eigenvalue weighted by Gasteiger charge is 2.28. The Morgan fingerprint density at radius 3 is 2.93 bits per heavy atom. The molecule has 7 nitrogen and oxygen atoms in total. The van der Waals surface area contributed by atoms with Crippen molar-refractivity contribution in [2.45, 2.75) is 6.54 Å². The molecule has 0 spiro atoms. The first kappa shape index (κ1) is 17.1. The van der Waals surface area contributed by atoms with E-state index in [0.29, 0.717) is 25.2 Å². The van der Waals surface area contributed by atoms with Gasteiger partial charge in [-0.25, -0.2) is 4.98 Å². The lowest BCUT2D eigenvalue weighted by Gasteiger charge is -2.34. The molecule has 2 heterocycles. The summed E-state index contributed by atoms with van der Waals surface area (Å²) in [4.78, 5) is 35.9. The van der Waals surface area contributed by atoms with Crippen LogP contribution in [0.3, 0.4) is 0 Å². The Hall–Kier alpha value is -3.35. The molecule has 0 unspecified atom stereocenters. The van der Waals surface area contributed by atoms with Crippen molar-refractivity contribution in [1.82, 2.24) is 19.8 Å². The molecule has 4 rings (SSSR count). The zero-order valence-corrected chi connectivity index (χ0v) is 15.0. The number of hydrogen-bond donors (Lipinski definition) is 1. The number of aromatic nitrogens is 2. The van der Waals surface area contributed by atoms with Crippen LogP contribution in [0.2, 0.25) is 0 Å². The summed E-state index contributed by atoms with van der Waals surface area (Å²) in [6.07, 6.45) is 1.60. The van der Waals surface area contributed by atoms with Crippen molar-refractivity contribution in [3.63, 3.8) is 0 Å². The Morgan fingerprint density at radius 2 is 2.11 bits per heavy atom. The number of carbonyl (C=O) groups is 2. The van der Waals surface area contributed by atoms with Crippen molar-refractivity contribution in [2.75, 3.05) is 26.7 Å². The fraction of sp³-hybridized carbons (Fsp3) is 0.250. The van der Waals surface area contributed by atoms with E-state index >= 15 is 0 Å². The lowest BCUT2D eigenvalue weighted by Crippen LogP contribution is -2.51. The van der Waals surface area contributed by atoms with Gasteiger partial charge in [-0.2, -0.15) is 0 Å². The second-order valence-electron chi connectivity index (χ2n) is 6.53. The molecule has 0 atom stereocenters. The van der Waals surface area contributed by atoms with Crippen LogP contribution in [-0.4, -0.2) is 58.3 Å². The Morgan fingerprint density at radius 1 is 1.22 bits per heavy atom. The van der Waals surface area contributed by atoms with E-state index in [2.05, 4.69) is 9.97 Å². The topological polar surface area (TPSA) is 78.5 Å². The van der Waals surface area contributed by atoms with Gasteiger partial charge in [-0.1, -0.05) is 12.1 Å². The van der Waals surface area contributed by atoms with Crippen molar-refractivity contribution < 1.29 is 14.3 Å². The number of benzene rings is 2. The standard InChI is InChI=1S/C20H20N4O3/c1-27-16-4-2-3-14(9-16)11-23-7-8-24(12-19(23)25)20(26)15-5-6-17-18(10-15)22-13-21-17/h2-6,9-10,13H,7-8,11-12H2,1H3,(H,21,22). The molecule has 3 aromatic rings. The fourth-order valence-corrected chi connectivity index (χ4v) is 3.29. The first-order chi connectivity index (χ1) is 13.1. The molecule has 0 radical (unpaired) electrons. The first-order valence-electron chi connectivity index (χ1n) is 8.77. The molecular formula is C20H20N4O3. The van der Waals surface area contributed by atoms with Gasteiger partial charge in [-0.15, -0.1) is 0 Å². The van der Waals surface area contributed by atoms with Gasteiger partial charge < -0.3 is 19.5 Å². The van der Waals surface area contributed by atoms with Gasteiger partial charge in [0.25, 0.3) is 5.91 Å². The number of rotatable bonds is 4. The Labute approximate surface area is 156 Å². The molecule has 138 valence electrons. The molecule has 1 aliphatic heterocycles. The molecule has 1 fully saturated rings. The second kappa shape index (κ2) is 7.11. The SMILES string of the molecule is COc1cccc(CN2CCN(C(=O)c3ccc4nc[nH]c4c3)CC2=O)c1. The number of methoxy groups -OCH3 is 1. The molecule has 0 bridgehead atoms. The van der Waals surface area contributed by atoms with Crippen LogP contribution >= 0.6 is 0 Å². The highest BCUT2D eigenvalue weighted by Crippen LogP contribution is 2.18. The van der Waals surface area contributed by atoms with Gasteiger partial charge in [-0.3, -0.25) is 9.59 Å². The van der Waals surface area contributed by atoms with Crippen LogP contribution < -0.4 is 4.74 Å². The summed E-state index contributed by atoms with van der Waals surface area (Å²) < 4.78 is 5.23. The first-order valence-corrected chi connectivity index (χ1v) is 8.77. The van der Waals surface area contributed by atoms with E-state index in [1.54, 1.807) is 41.4 Å². The number of piperazine rings is 1. The van der Waals surface area contributed by atoms with Crippen LogP contribution in [0.25, 0.3) is 11.0 Å². The van der Waals surface area contributed by atoms with E-state index in [4.69, 9.17) is 4.74 Å². The van der Waals surface area contributed by atoms with E-state index in [1.807, 2.05) is 24.3 Å². The summed E-state index contributed by atoms with van der Waals surface area (Å²) in [5, 5.41) is 0. The quantitative estimate of drug-likeness (QED) is 0.769. The predicted molar refractivity (Wildman–Crippen MR) is 100 cm³/mol. The molecule has 2 aromatic carbocycles. The highest BCUT2D eigenvalue weighted by molar-refractivity contribution is 5.99. The normalized spacial score (nSPS) is 14.6. The van der Waals surface area contributed by atoms with Crippen LogP contribution in [0.1, 0.15) is 15.9 Å². The maximum absolute atomic E-state index is 12.8. The molecule has 1 saturated heterocycles. The molecule has 0 saturated carbocycles. The highest BCUT2D eigenvalue weighted by atomic mass is 16.5. The van der Waals surface area contributed by atoms with Gasteiger partial charge in [0.1, 0.15) is 12.3 Å². The van der Waals surface area contributed by atoms with Gasteiger partial charge in [0.05, 0.1) is 24.5 Å². The van der Waals surface area contributed by atoms with Gasteiger partial charge in [0.15, 0.2) is 0 Å². The van der Waals surface area contributed by atoms with Crippen molar-refractivity contribution >= 4 is 22.8 Å². The fourth-order valence-electron chi connectivity index (χ4n) is 3.29. The monoisotopic (exact) mass is 364 g/mol. The van der Waals surface area contributed by atoms with Crippen LogP contribution in [0.4, 0.5) is 0 Å². The smallest absolute Gasteiger partial charge is 0.254 e. The van der Waals surface area contributed by atoms with Crippen LogP contribution in [0, 0.1) is 0 Å². The molecule has 2 amide bonds. The minimum atomic E-state index is -0.138. The number of H-pyrrole nitrogens is 1. The van der Waals surface area contributed by atoms with Crippen LogP contribution in [0.5, 0.6) is 5.75 Å². The summed E-state index contributed by atoms with van der Waals surface area (Å²) in [5.41, 5.74) is 3.18. The number of nitrogens with one attached hydrogen (secondary N) is 1. The van der Waals surface area contributed by atoms with Crippen molar-refractivity contribution in [1.29, 1.82) is 0 Å². The van der Waals surface area contributed by atoms with Gasteiger partial charge in [-0.05, 0) is 35.9 Å². The third-order valence-electron chi connectivity index (χ3n) is 4.78. The number of fused-ring (bicyclic) bond motifs is 1.